The van der Waals surface area contributed by atoms with Crippen molar-refractivity contribution >= 4 is 0 Å². The summed E-state index contributed by atoms with van der Waals surface area (Å²) in [5, 5.41) is 3.79. The maximum Gasteiger partial charge on any atom is 0.248 e. The van der Waals surface area contributed by atoms with E-state index in [0.717, 1.165) is 44.4 Å². The van der Waals surface area contributed by atoms with Crippen LogP contribution in [0.1, 0.15) is 56.8 Å². The maximum atomic E-state index is 11.4. The summed E-state index contributed by atoms with van der Waals surface area (Å²) >= 11 is 0. The number of rotatable bonds is 2. The SMILES string of the molecule is CC1(C)CC(NC2CCCc3[nH]c(=O)ccc32)CCO1. The van der Waals surface area contributed by atoms with Crippen LogP contribution in [0.5, 0.6) is 0 Å². The summed E-state index contributed by atoms with van der Waals surface area (Å²) in [7, 11) is 0. The van der Waals surface area contributed by atoms with Gasteiger partial charge in [-0.05, 0) is 51.5 Å². The van der Waals surface area contributed by atoms with E-state index in [-0.39, 0.29) is 11.2 Å². The zero-order valence-electron chi connectivity index (χ0n) is 12.4. The number of fused-ring (bicyclic) bond motifs is 1. The molecule has 1 aliphatic heterocycles. The van der Waals surface area contributed by atoms with Crippen LogP contribution in [-0.4, -0.2) is 23.2 Å². The molecule has 2 atom stereocenters. The van der Waals surface area contributed by atoms with Gasteiger partial charge in [0, 0.05) is 30.5 Å². The molecule has 1 fully saturated rings. The summed E-state index contributed by atoms with van der Waals surface area (Å²) in [5.41, 5.74) is 2.38. The van der Waals surface area contributed by atoms with E-state index in [4.69, 9.17) is 4.74 Å². The van der Waals surface area contributed by atoms with E-state index in [0.29, 0.717) is 12.1 Å². The lowest BCUT2D eigenvalue weighted by atomic mass is 9.88. The number of aromatic amines is 1. The molecule has 2 aliphatic rings. The van der Waals surface area contributed by atoms with Gasteiger partial charge in [-0.15, -0.1) is 0 Å². The second kappa shape index (κ2) is 5.34. The lowest BCUT2D eigenvalue weighted by molar-refractivity contribution is -0.0644. The smallest absolute Gasteiger partial charge is 0.248 e. The van der Waals surface area contributed by atoms with Gasteiger partial charge in [0.25, 0.3) is 0 Å². The van der Waals surface area contributed by atoms with Gasteiger partial charge in [0.1, 0.15) is 0 Å². The first-order valence-electron chi connectivity index (χ1n) is 7.66. The van der Waals surface area contributed by atoms with E-state index in [2.05, 4.69) is 24.1 Å². The summed E-state index contributed by atoms with van der Waals surface area (Å²) in [5.74, 6) is 0. The molecule has 1 aromatic heterocycles. The number of aryl methyl sites for hydroxylation is 1. The van der Waals surface area contributed by atoms with E-state index >= 15 is 0 Å². The average molecular weight is 276 g/mol. The molecule has 1 aromatic rings. The Hall–Kier alpha value is -1.13. The highest BCUT2D eigenvalue weighted by atomic mass is 16.5. The van der Waals surface area contributed by atoms with Crippen LogP contribution >= 0.6 is 0 Å². The minimum absolute atomic E-state index is 0.0107. The van der Waals surface area contributed by atoms with Gasteiger partial charge < -0.3 is 15.0 Å². The molecule has 2 unspecified atom stereocenters. The highest BCUT2D eigenvalue weighted by Gasteiger charge is 2.31. The fourth-order valence-electron chi connectivity index (χ4n) is 3.53. The average Bonchev–Trinajstić information content (AvgIpc) is 2.37. The Morgan fingerprint density at radius 2 is 2.20 bits per heavy atom. The van der Waals surface area contributed by atoms with Crippen molar-refractivity contribution in [1.29, 1.82) is 0 Å². The number of hydrogen-bond donors (Lipinski definition) is 2. The van der Waals surface area contributed by atoms with Crippen molar-refractivity contribution in [2.75, 3.05) is 6.61 Å². The molecule has 0 saturated carbocycles. The first-order valence-corrected chi connectivity index (χ1v) is 7.66. The van der Waals surface area contributed by atoms with Crippen molar-refractivity contribution in [2.45, 2.75) is 63.6 Å². The number of aromatic nitrogens is 1. The molecule has 2 heterocycles. The Kier molecular flexibility index (Phi) is 3.69. The molecule has 1 saturated heterocycles. The molecular weight excluding hydrogens is 252 g/mol. The lowest BCUT2D eigenvalue weighted by Gasteiger charge is -2.38. The summed E-state index contributed by atoms with van der Waals surface area (Å²) in [6.45, 7) is 5.15. The van der Waals surface area contributed by atoms with Crippen LogP contribution in [0.2, 0.25) is 0 Å². The third-order valence-electron chi connectivity index (χ3n) is 4.47. The molecule has 0 bridgehead atoms. The second-order valence-electron chi connectivity index (χ2n) is 6.67. The monoisotopic (exact) mass is 276 g/mol. The molecule has 1 aliphatic carbocycles. The molecule has 3 rings (SSSR count). The van der Waals surface area contributed by atoms with Gasteiger partial charge in [0.05, 0.1) is 5.60 Å². The van der Waals surface area contributed by atoms with Crippen LogP contribution < -0.4 is 10.9 Å². The summed E-state index contributed by atoms with van der Waals surface area (Å²) < 4.78 is 5.78. The molecule has 2 N–H and O–H groups in total. The largest absolute Gasteiger partial charge is 0.375 e. The number of H-pyrrole nitrogens is 1. The Balaban J connectivity index is 1.75. The molecule has 0 spiro atoms. The first-order chi connectivity index (χ1) is 9.53. The molecule has 4 heteroatoms. The van der Waals surface area contributed by atoms with Crippen molar-refractivity contribution in [3.8, 4) is 0 Å². The third-order valence-corrected chi connectivity index (χ3v) is 4.47. The van der Waals surface area contributed by atoms with Crippen LogP contribution in [0, 0.1) is 0 Å². The zero-order chi connectivity index (χ0) is 14.2. The Morgan fingerprint density at radius 1 is 1.35 bits per heavy atom. The molecule has 0 radical (unpaired) electrons. The fraction of sp³-hybridized carbons (Fsp3) is 0.688. The second-order valence-corrected chi connectivity index (χ2v) is 6.67. The molecule has 20 heavy (non-hydrogen) atoms. The number of nitrogens with one attached hydrogen (secondary N) is 2. The topological polar surface area (TPSA) is 54.1 Å². The van der Waals surface area contributed by atoms with Gasteiger partial charge in [0.2, 0.25) is 5.56 Å². The maximum absolute atomic E-state index is 11.4. The van der Waals surface area contributed by atoms with Crippen LogP contribution in [0.3, 0.4) is 0 Å². The van der Waals surface area contributed by atoms with Gasteiger partial charge >= 0.3 is 0 Å². The molecule has 4 nitrogen and oxygen atoms in total. The lowest BCUT2D eigenvalue weighted by Crippen LogP contribution is -2.45. The van der Waals surface area contributed by atoms with E-state index in [1.165, 1.54) is 5.56 Å². The minimum atomic E-state index is -0.0294. The zero-order valence-corrected chi connectivity index (χ0v) is 12.4. The van der Waals surface area contributed by atoms with Gasteiger partial charge in [-0.25, -0.2) is 0 Å². The molecule has 0 amide bonds. The van der Waals surface area contributed by atoms with Crippen LogP contribution in [0.4, 0.5) is 0 Å². The van der Waals surface area contributed by atoms with Crippen LogP contribution in [0.25, 0.3) is 0 Å². The molecule has 110 valence electrons. The van der Waals surface area contributed by atoms with Crippen LogP contribution in [-0.2, 0) is 11.2 Å². The van der Waals surface area contributed by atoms with Gasteiger partial charge in [0.15, 0.2) is 0 Å². The molecular formula is C16H24N2O2. The van der Waals surface area contributed by atoms with E-state index in [9.17, 15) is 4.79 Å². The third kappa shape index (κ3) is 2.96. The van der Waals surface area contributed by atoms with E-state index in [1.807, 2.05) is 6.07 Å². The number of pyridine rings is 1. The first kappa shape index (κ1) is 13.8. The molecule has 0 aromatic carbocycles. The predicted molar refractivity (Wildman–Crippen MR) is 78.9 cm³/mol. The van der Waals surface area contributed by atoms with Crippen LogP contribution in [0.15, 0.2) is 16.9 Å². The van der Waals surface area contributed by atoms with Crippen molar-refractivity contribution in [3.63, 3.8) is 0 Å². The highest BCUT2D eigenvalue weighted by molar-refractivity contribution is 5.26. The van der Waals surface area contributed by atoms with Gasteiger partial charge in [-0.2, -0.15) is 0 Å². The fourth-order valence-corrected chi connectivity index (χ4v) is 3.53. The highest BCUT2D eigenvalue weighted by Crippen LogP contribution is 2.31. The van der Waals surface area contributed by atoms with E-state index < -0.39 is 0 Å². The quantitative estimate of drug-likeness (QED) is 0.871. The minimum Gasteiger partial charge on any atom is -0.375 e. The summed E-state index contributed by atoms with van der Waals surface area (Å²) in [4.78, 5) is 14.4. The van der Waals surface area contributed by atoms with Gasteiger partial charge in [-0.3, -0.25) is 4.79 Å². The predicted octanol–water partition coefficient (Wildman–Crippen LogP) is 2.30. The van der Waals surface area contributed by atoms with Gasteiger partial charge in [-0.1, -0.05) is 6.07 Å². The standard InChI is InChI=1S/C16H24N2O2/c1-16(2)10-11(8-9-20-16)17-13-4-3-5-14-12(13)6-7-15(19)18-14/h6-7,11,13,17H,3-5,8-10H2,1-2H3,(H,18,19). The Morgan fingerprint density at radius 3 is 3.00 bits per heavy atom. The van der Waals surface area contributed by atoms with Crippen molar-refractivity contribution in [2.24, 2.45) is 0 Å². The summed E-state index contributed by atoms with van der Waals surface area (Å²) in [6.07, 6.45) is 5.39. The Labute approximate surface area is 119 Å². The number of ether oxygens (including phenoxy) is 1. The van der Waals surface area contributed by atoms with Crippen molar-refractivity contribution < 1.29 is 4.74 Å². The summed E-state index contributed by atoms with van der Waals surface area (Å²) in [6, 6.07) is 4.51. The Bertz CT molecular complexity index is 536. The van der Waals surface area contributed by atoms with Crippen molar-refractivity contribution in [1.82, 2.24) is 10.3 Å². The van der Waals surface area contributed by atoms with Crippen molar-refractivity contribution in [3.05, 3.63) is 33.7 Å². The normalized spacial score (nSPS) is 28.9. The number of hydrogen-bond acceptors (Lipinski definition) is 3. The van der Waals surface area contributed by atoms with E-state index in [1.54, 1.807) is 6.07 Å².